The van der Waals surface area contributed by atoms with Crippen molar-refractivity contribution in [1.29, 1.82) is 0 Å². The lowest BCUT2D eigenvalue weighted by Crippen LogP contribution is -2.54. The molecule has 9 heteroatoms. The molecule has 2 amide bonds. The van der Waals surface area contributed by atoms with Gasteiger partial charge in [-0.05, 0) is 67.1 Å². The van der Waals surface area contributed by atoms with Crippen LogP contribution in [0.1, 0.15) is 68.8 Å². The molecular formula is C29H40N6O3. The van der Waals surface area contributed by atoms with Gasteiger partial charge in [-0.3, -0.25) is 14.3 Å². The first kappa shape index (κ1) is 25.3. The number of carbonyl (C=O) groups is 2. The Morgan fingerprint density at radius 1 is 1.13 bits per heavy atom. The van der Waals surface area contributed by atoms with Gasteiger partial charge in [0.05, 0.1) is 31.1 Å². The maximum atomic E-state index is 13.8. The van der Waals surface area contributed by atoms with Gasteiger partial charge in [-0.1, -0.05) is 32.6 Å². The summed E-state index contributed by atoms with van der Waals surface area (Å²) >= 11 is 0. The van der Waals surface area contributed by atoms with Crippen LogP contribution in [-0.2, 0) is 16.6 Å². The Balaban J connectivity index is 1.20. The first-order valence-corrected chi connectivity index (χ1v) is 14.3. The highest BCUT2D eigenvalue weighted by atomic mass is 16.5. The number of rotatable bonds is 9. The Morgan fingerprint density at radius 3 is 2.50 bits per heavy atom. The van der Waals surface area contributed by atoms with E-state index in [9.17, 15) is 9.59 Å². The Kier molecular flexibility index (Phi) is 6.88. The molecule has 0 radical (unpaired) electrons. The van der Waals surface area contributed by atoms with E-state index in [0.717, 1.165) is 44.7 Å². The van der Waals surface area contributed by atoms with Gasteiger partial charge in [0, 0.05) is 19.8 Å². The SMILES string of the molecule is Cn1nccc1C(=O)N[C@H](C(=O)Nc1ccc(N2CCOCC2C2CCC2)nc1)C(C1CCC1)C1(C)CC1. The van der Waals surface area contributed by atoms with Gasteiger partial charge in [0.15, 0.2) is 0 Å². The summed E-state index contributed by atoms with van der Waals surface area (Å²) < 4.78 is 7.33. The summed E-state index contributed by atoms with van der Waals surface area (Å²) in [6.45, 7) is 4.57. The third kappa shape index (κ3) is 4.93. The van der Waals surface area contributed by atoms with Crippen molar-refractivity contribution in [3.05, 3.63) is 36.3 Å². The van der Waals surface area contributed by atoms with Crippen LogP contribution in [0.4, 0.5) is 11.5 Å². The van der Waals surface area contributed by atoms with Gasteiger partial charge in [0.25, 0.3) is 5.91 Å². The van der Waals surface area contributed by atoms with E-state index < -0.39 is 6.04 Å². The molecule has 3 aliphatic carbocycles. The minimum atomic E-state index is -0.614. The number of pyridine rings is 1. The summed E-state index contributed by atoms with van der Waals surface area (Å²) in [5.41, 5.74) is 1.19. The summed E-state index contributed by atoms with van der Waals surface area (Å²) in [4.78, 5) is 34.2. The van der Waals surface area contributed by atoms with Crippen LogP contribution in [0.25, 0.3) is 0 Å². The molecule has 1 aliphatic heterocycles. The van der Waals surface area contributed by atoms with Crippen molar-refractivity contribution in [1.82, 2.24) is 20.1 Å². The number of nitrogens with zero attached hydrogens (tertiary/aromatic N) is 4. The van der Waals surface area contributed by atoms with Gasteiger partial charge in [-0.15, -0.1) is 0 Å². The van der Waals surface area contributed by atoms with Crippen molar-refractivity contribution in [3.63, 3.8) is 0 Å². The zero-order valence-corrected chi connectivity index (χ0v) is 22.6. The average molecular weight is 521 g/mol. The van der Waals surface area contributed by atoms with Crippen LogP contribution >= 0.6 is 0 Å². The number of hydrogen-bond donors (Lipinski definition) is 2. The number of aryl methyl sites for hydroxylation is 1. The van der Waals surface area contributed by atoms with E-state index in [1.165, 1.54) is 25.7 Å². The Morgan fingerprint density at radius 2 is 1.92 bits per heavy atom. The molecule has 2 aromatic heterocycles. The molecule has 2 aromatic rings. The second kappa shape index (κ2) is 10.3. The molecule has 2 N–H and O–H groups in total. The fraction of sp³-hybridized carbons (Fsp3) is 0.655. The molecule has 1 saturated heterocycles. The number of amides is 2. The van der Waals surface area contributed by atoms with Crippen LogP contribution < -0.4 is 15.5 Å². The van der Waals surface area contributed by atoms with Crippen molar-refractivity contribution in [2.24, 2.45) is 30.2 Å². The van der Waals surface area contributed by atoms with E-state index >= 15 is 0 Å². The normalized spacial score (nSPS) is 24.6. The monoisotopic (exact) mass is 520 g/mol. The lowest BCUT2D eigenvalue weighted by atomic mass is 9.66. The largest absolute Gasteiger partial charge is 0.377 e. The van der Waals surface area contributed by atoms with E-state index in [1.807, 2.05) is 12.1 Å². The zero-order valence-electron chi connectivity index (χ0n) is 22.6. The number of hydrogen-bond acceptors (Lipinski definition) is 6. The summed E-state index contributed by atoms with van der Waals surface area (Å²) in [7, 11) is 1.74. The minimum Gasteiger partial charge on any atom is -0.377 e. The fourth-order valence-electron chi connectivity index (χ4n) is 6.68. The Bertz CT molecular complexity index is 1150. The van der Waals surface area contributed by atoms with Gasteiger partial charge in [0.1, 0.15) is 17.6 Å². The van der Waals surface area contributed by atoms with E-state index in [-0.39, 0.29) is 23.1 Å². The molecule has 0 spiro atoms. The molecule has 38 heavy (non-hydrogen) atoms. The quantitative estimate of drug-likeness (QED) is 0.522. The molecule has 3 atom stereocenters. The van der Waals surface area contributed by atoms with Crippen molar-refractivity contribution < 1.29 is 14.3 Å². The van der Waals surface area contributed by atoms with E-state index in [2.05, 4.69) is 27.6 Å². The van der Waals surface area contributed by atoms with E-state index in [0.29, 0.717) is 35.9 Å². The van der Waals surface area contributed by atoms with Crippen LogP contribution in [0.5, 0.6) is 0 Å². The van der Waals surface area contributed by atoms with Crippen molar-refractivity contribution in [2.45, 2.75) is 70.4 Å². The maximum absolute atomic E-state index is 13.8. The van der Waals surface area contributed by atoms with Crippen molar-refractivity contribution >= 4 is 23.3 Å². The molecule has 2 unspecified atom stereocenters. The maximum Gasteiger partial charge on any atom is 0.270 e. The summed E-state index contributed by atoms with van der Waals surface area (Å²) in [6, 6.07) is 5.38. The molecule has 3 heterocycles. The number of aromatic nitrogens is 3. The minimum absolute atomic E-state index is 0.0851. The molecule has 0 bridgehead atoms. The van der Waals surface area contributed by atoms with Gasteiger partial charge in [-0.25, -0.2) is 4.98 Å². The molecule has 4 fully saturated rings. The Hall–Kier alpha value is -2.94. The zero-order chi connectivity index (χ0) is 26.3. The lowest BCUT2D eigenvalue weighted by molar-refractivity contribution is -0.121. The van der Waals surface area contributed by atoms with Crippen LogP contribution in [0.3, 0.4) is 0 Å². The first-order valence-electron chi connectivity index (χ1n) is 14.3. The second-order valence-corrected chi connectivity index (χ2v) is 12.1. The van der Waals surface area contributed by atoms with Crippen molar-refractivity contribution in [3.8, 4) is 0 Å². The molecule has 6 rings (SSSR count). The molecular weight excluding hydrogens is 480 g/mol. The molecule has 0 aromatic carbocycles. The number of carbonyl (C=O) groups excluding carboxylic acids is 2. The van der Waals surface area contributed by atoms with Gasteiger partial charge in [0.2, 0.25) is 5.91 Å². The van der Waals surface area contributed by atoms with Gasteiger partial charge in [-0.2, -0.15) is 5.10 Å². The molecule has 204 valence electrons. The van der Waals surface area contributed by atoms with Crippen LogP contribution in [0, 0.1) is 23.2 Å². The highest BCUT2D eigenvalue weighted by Crippen LogP contribution is 2.58. The van der Waals surface area contributed by atoms with E-state index in [1.54, 1.807) is 30.2 Å². The smallest absolute Gasteiger partial charge is 0.270 e. The number of anilines is 2. The standard InChI is InChI=1S/C29H40N6O3/c1-29(12-13-29)25(20-7-4-8-20)26(33-27(36)22-11-14-31-34(22)2)28(37)32-21-9-10-24(30-17-21)35-15-16-38-18-23(35)19-5-3-6-19/h9-11,14,17,19-20,23,25-26H,3-8,12-13,15-16,18H2,1-2H3,(H,32,37)(H,33,36)/t23?,25?,26-/m0/s1. The summed E-state index contributed by atoms with van der Waals surface area (Å²) in [5.74, 6) is 1.74. The molecule has 3 saturated carbocycles. The highest BCUT2D eigenvalue weighted by Gasteiger charge is 2.54. The third-order valence-electron chi connectivity index (χ3n) is 9.65. The number of ether oxygens (including phenoxy) is 1. The fourth-order valence-corrected chi connectivity index (χ4v) is 6.68. The topological polar surface area (TPSA) is 101 Å². The lowest BCUT2D eigenvalue weighted by Gasteiger charge is -2.44. The number of morpholine rings is 1. The molecule has 4 aliphatic rings. The second-order valence-electron chi connectivity index (χ2n) is 12.1. The third-order valence-corrected chi connectivity index (χ3v) is 9.65. The van der Waals surface area contributed by atoms with Crippen molar-refractivity contribution in [2.75, 3.05) is 30.0 Å². The van der Waals surface area contributed by atoms with Crippen LogP contribution in [-0.4, -0.2) is 58.4 Å². The predicted molar refractivity (Wildman–Crippen MR) is 145 cm³/mol. The predicted octanol–water partition coefficient (Wildman–Crippen LogP) is 3.77. The number of nitrogens with one attached hydrogen (secondary N) is 2. The van der Waals surface area contributed by atoms with Gasteiger partial charge < -0.3 is 20.3 Å². The first-order chi connectivity index (χ1) is 18.4. The Labute approximate surface area is 224 Å². The van der Waals surface area contributed by atoms with Crippen LogP contribution in [0.15, 0.2) is 30.6 Å². The summed E-state index contributed by atoms with van der Waals surface area (Å²) in [6.07, 6.45) is 12.8. The van der Waals surface area contributed by atoms with Gasteiger partial charge >= 0.3 is 0 Å². The van der Waals surface area contributed by atoms with Crippen LogP contribution in [0.2, 0.25) is 0 Å². The molecule has 9 nitrogen and oxygen atoms in total. The average Bonchev–Trinajstić information content (AvgIpc) is 3.45. The highest BCUT2D eigenvalue weighted by molar-refractivity contribution is 6.00. The van der Waals surface area contributed by atoms with E-state index in [4.69, 9.17) is 9.72 Å². The summed E-state index contributed by atoms with van der Waals surface area (Å²) in [5, 5.41) is 10.3.